The summed E-state index contributed by atoms with van der Waals surface area (Å²) in [5, 5.41) is 11.7. The van der Waals surface area contributed by atoms with Crippen molar-refractivity contribution in [2.24, 2.45) is 0 Å². The highest BCUT2D eigenvalue weighted by molar-refractivity contribution is 5.81. The minimum atomic E-state index is -1.18. The van der Waals surface area contributed by atoms with Gasteiger partial charge in [-0.2, -0.15) is 0 Å². The zero-order valence-corrected chi connectivity index (χ0v) is 10.9. The van der Waals surface area contributed by atoms with Crippen LogP contribution in [0.2, 0.25) is 0 Å². The maximum atomic E-state index is 10.7. The van der Waals surface area contributed by atoms with Crippen LogP contribution < -0.4 is 0 Å². The molecule has 0 saturated carbocycles. The third-order valence-electron chi connectivity index (χ3n) is 3.44. The van der Waals surface area contributed by atoms with Gasteiger partial charge in [0.15, 0.2) is 0 Å². The number of fused-ring (bicyclic) bond motifs is 1. The van der Waals surface area contributed by atoms with Crippen LogP contribution in [0.1, 0.15) is 23.8 Å². The molecule has 0 radical (unpaired) electrons. The molecule has 1 aromatic carbocycles. The lowest BCUT2D eigenvalue weighted by molar-refractivity contribution is 0.0782. The number of aromatic nitrogens is 1. The van der Waals surface area contributed by atoms with E-state index in [4.69, 9.17) is 4.42 Å². The van der Waals surface area contributed by atoms with E-state index in [1.54, 1.807) is 25.4 Å². The van der Waals surface area contributed by atoms with Gasteiger partial charge in [-0.3, -0.25) is 4.98 Å². The van der Waals surface area contributed by atoms with E-state index in [1.165, 1.54) is 0 Å². The molecule has 0 bridgehead atoms. The van der Waals surface area contributed by atoms with E-state index in [0.717, 1.165) is 16.5 Å². The van der Waals surface area contributed by atoms with E-state index in [-0.39, 0.29) is 0 Å². The summed E-state index contributed by atoms with van der Waals surface area (Å²) >= 11 is 0. The number of aryl methyl sites for hydroxylation is 1. The van der Waals surface area contributed by atoms with Crippen LogP contribution in [0.3, 0.4) is 0 Å². The number of para-hydroxylation sites is 1. The van der Waals surface area contributed by atoms with E-state index in [1.807, 2.05) is 37.3 Å². The zero-order valence-electron chi connectivity index (χ0n) is 10.9. The monoisotopic (exact) mass is 253 g/mol. The third kappa shape index (κ3) is 1.92. The Morgan fingerprint density at radius 1 is 1.21 bits per heavy atom. The van der Waals surface area contributed by atoms with Crippen LogP contribution in [-0.2, 0) is 5.60 Å². The number of pyridine rings is 1. The van der Waals surface area contributed by atoms with Gasteiger partial charge >= 0.3 is 0 Å². The average molecular weight is 253 g/mol. The number of rotatable bonds is 2. The Hall–Kier alpha value is -2.13. The van der Waals surface area contributed by atoms with Crippen molar-refractivity contribution in [3.63, 3.8) is 0 Å². The predicted molar refractivity (Wildman–Crippen MR) is 73.9 cm³/mol. The van der Waals surface area contributed by atoms with Crippen molar-refractivity contribution in [1.82, 2.24) is 4.98 Å². The second-order valence-corrected chi connectivity index (χ2v) is 4.92. The maximum absolute atomic E-state index is 10.7. The standard InChI is InChI=1S/C16H15NO2/c1-11-5-3-6-12-9-14(19-15(11)12)16(2,18)13-7-4-8-17-10-13/h3-10,18H,1-2H3. The van der Waals surface area contributed by atoms with Crippen molar-refractivity contribution in [2.75, 3.05) is 0 Å². The van der Waals surface area contributed by atoms with Crippen LogP contribution >= 0.6 is 0 Å². The molecule has 1 atom stereocenters. The molecular formula is C16H15NO2. The zero-order chi connectivity index (χ0) is 13.5. The summed E-state index contributed by atoms with van der Waals surface area (Å²) in [5.41, 5.74) is 1.42. The van der Waals surface area contributed by atoms with Gasteiger partial charge in [0, 0.05) is 23.3 Å². The van der Waals surface area contributed by atoms with Crippen LogP contribution in [0.25, 0.3) is 11.0 Å². The molecule has 1 unspecified atom stereocenters. The molecule has 0 saturated heterocycles. The molecule has 3 rings (SSSR count). The van der Waals surface area contributed by atoms with Gasteiger partial charge in [0.2, 0.25) is 0 Å². The Morgan fingerprint density at radius 2 is 2.05 bits per heavy atom. The van der Waals surface area contributed by atoms with Gasteiger partial charge in [0.1, 0.15) is 16.9 Å². The molecule has 96 valence electrons. The van der Waals surface area contributed by atoms with E-state index in [0.29, 0.717) is 11.3 Å². The van der Waals surface area contributed by atoms with E-state index >= 15 is 0 Å². The summed E-state index contributed by atoms with van der Waals surface area (Å²) in [5.74, 6) is 0.532. The molecule has 0 amide bonds. The molecule has 0 fully saturated rings. The molecule has 19 heavy (non-hydrogen) atoms. The van der Waals surface area contributed by atoms with Gasteiger partial charge in [-0.1, -0.05) is 24.3 Å². The van der Waals surface area contributed by atoms with Crippen molar-refractivity contribution < 1.29 is 9.52 Å². The van der Waals surface area contributed by atoms with Crippen LogP contribution in [0.4, 0.5) is 0 Å². The largest absolute Gasteiger partial charge is 0.457 e. The SMILES string of the molecule is Cc1cccc2cc(C(C)(O)c3cccnc3)oc12. The fourth-order valence-electron chi connectivity index (χ4n) is 2.24. The number of benzene rings is 1. The highest BCUT2D eigenvalue weighted by Crippen LogP contribution is 2.33. The first-order valence-electron chi connectivity index (χ1n) is 6.21. The van der Waals surface area contributed by atoms with Crippen molar-refractivity contribution in [1.29, 1.82) is 0 Å². The fraction of sp³-hybridized carbons (Fsp3) is 0.188. The smallest absolute Gasteiger partial charge is 0.146 e. The average Bonchev–Trinajstić information content (AvgIpc) is 2.86. The summed E-state index contributed by atoms with van der Waals surface area (Å²) in [4.78, 5) is 4.05. The normalized spacial score (nSPS) is 14.5. The van der Waals surface area contributed by atoms with Crippen molar-refractivity contribution in [3.05, 3.63) is 65.7 Å². The first kappa shape index (κ1) is 11.9. The number of nitrogens with zero attached hydrogens (tertiary/aromatic N) is 1. The molecule has 0 aliphatic carbocycles. The molecule has 3 aromatic rings. The van der Waals surface area contributed by atoms with E-state index in [2.05, 4.69) is 4.98 Å². The van der Waals surface area contributed by atoms with Gasteiger partial charge < -0.3 is 9.52 Å². The molecule has 2 aromatic heterocycles. The number of furan rings is 1. The van der Waals surface area contributed by atoms with Gasteiger partial charge in [-0.15, -0.1) is 0 Å². The highest BCUT2D eigenvalue weighted by atomic mass is 16.4. The topological polar surface area (TPSA) is 46.3 Å². The summed E-state index contributed by atoms with van der Waals surface area (Å²) in [6, 6.07) is 11.5. The van der Waals surface area contributed by atoms with Crippen LogP contribution in [-0.4, -0.2) is 10.1 Å². The quantitative estimate of drug-likeness (QED) is 0.761. The lowest BCUT2D eigenvalue weighted by Gasteiger charge is -2.20. The summed E-state index contributed by atoms with van der Waals surface area (Å²) < 4.78 is 5.84. The van der Waals surface area contributed by atoms with Crippen molar-refractivity contribution in [2.45, 2.75) is 19.4 Å². The number of hydrogen-bond donors (Lipinski definition) is 1. The van der Waals surface area contributed by atoms with Crippen LogP contribution in [0.15, 0.2) is 53.2 Å². The molecule has 3 nitrogen and oxygen atoms in total. The molecule has 0 spiro atoms. The van der Waals surface area contributed by atoms with E-state index < -0.39 is 5.60 Å². The van der Waals surface area contributed by atoms with Gasteiger partial charge in [-0.05, 0) is 31.5 Å². The maximum Gasteiger partial charge on any atom is 0.146 e. The van der Waals surface area contributed by atoms with Crippen molar-refractivity contribution >= 4 is 11.0 Å². The predicted octanol–water partition coefficient (Wildman–Crippen LogP) is 3.39. The minimum Gasteiger partial charge on any atom is -0.457 e. The second-order valence-electron chi connectivity index (χ2n) is 4.92. The van der Waals surface area contributed by atoms with E-state index in [9.17, 15) is 5.11 Å². The van der Waals surface area contributed by atoms with Crippen molar-refractivity contribution in [3.8, 4) is 0 Å². The molecular weight excluding hydrogens is 238 g/mol. The Kier molecular flexibility index (Phi) is 2.64. The Labute approximate surface area is 111 Å². The Bertz CT molecular complexity index is 714. The van der Waals surface area contributed by atoms with Gasteiger partial charge in [-0.25, -0.2) is 0 Å². The van der Waals surface area contributed by atoms with Gasteiger partial charge in [0.25, 0.3) is 0 Å². The first-order chi connectivity index (χ1) is 9.09. The third-order valence-corrected chi connectivity index (χ3v) is 3.44. The lowest BCUT2D eigenvalue weighted by atomic mass is 9.95. The first-order valence-corrected chi connectivity index (χ1v) is 6.21. The van der Waals surface area contributed by atoms with Gasteiger partial charge in [0.05, 0.1) is 0 Å². The van der Waals surface area contributed by atoms with Crippen LogP contribution in [0, 0.1) is 6.92 Å². The Morgan fingerprint density at radius 3 is 2.74 bits per heavy atom. The molecule has 3 heteroatoms. The lowest BCUT2D eigenvalue weighted by Crippen LogP contribution is -2.22. The molecule has 2 heterocycles. The summed E-state index contributed by atoms with van der Waals surface area (Å²) in [6.07, 6.45) is 3.34. The number of aliphatic hydroxyl groups is 1. The minimum absolute atomic E-state index is 0.532. The fourth-order valence-corrected chi connectivity index (χ4v) is 2.24. The second kappa shape index (κ2) is 4.21. The van der Waals surface area contributed by atoms with Crippen LogP contribution in [0.5, 0.6) is 0 Å². The summed E-state index contributed by atoms with van der Waals surface area (Å²) in [7, 11) is 0. The Balaban J connectivity index is 2.16. The highest BCUT2D eigenvalue weighted by Gasteiger charge is 2.30. The summed E-state index contributed by atoms with van der Waals surface area (Å²) in [6.45, 7) is 3.71. The number of hydrogen-bond acceptors (Lipinski definition) is 3. The molecule has 0 aliphatic rings. The molecule has 1 N–H and O–H groups in total. The molecule has 0 aliphatic heterocycles.